The average molecular weight is 285 g/mol. The maximum absolute atomic E-state index is 11.7. The van der Waals surface area contributed by atoms with Crippen LogP contribution in [0.5, 0.6) is 0 Å². The van der Waals surface area contributed by atoms with Gasteiger partial charge in [0.25, 0.3) is 5.56 Å². The van der Waals surface area contributed by atoms with E-state index in [1.165, 1.54) is 4.90 Å². The van der Waals surface area contributed by atoms with Crippen molar-refractivity contribution in [2.75, 3.05) is 29.2 Å². The topological polar surface area (TPSA) is 157 Å². The summed E-state index contributed by atoms with van der Waals surface area (Å²) in [6, 6.07) is 0. The molecule has 4 atom stereocenters. The number of rotatable bonds is 2. The Morgan fingerprint density at radius 3 is 2.85 bits per heavy atom. The number of aromatic nitrogens is 2. The predicted molar refractivity (Wildman–Crippen MR) is 68.0 cm³/mol. The lowest BCUT2D eigenvalue weighted by Crippen LogP contribution is -2.44. The van der Waals surface area contributed by atoms with Crippen molar-refractivity contribution in [2.45, 2.75) is 24.5 Å². The molecule has 10 nitrogen and oxygen atoms in total. The van der Waals surface area contributed by atoms with E-state index in [-0.39, 0.29) is 24.1 Å². The van der Waals surface area contributed by atoms with E-state index < -0.39 is 36.7 Å². The summed E-state index contributed by atoms with van der Waals surface area (Å²) >= 11 is 0. The second-order valence-corrected chi connectivity index (χ2v) is 4.68. The Morgan fingerprint density at radius 1 is 1.45 bits per heavy atom. The molecule has 7 N–H and O–H groups in total. The van der Waals surface area contributed by atoms with Crippen LogP contribution in [0.3, 0.4) is 0 Å². The highest BCUT2D eigenvalue weighted by Crippen LogP contribution is 2.33. The van der Waals surface area contributed by atoms with Gasteiger partial charge in [-0.25, -0.2) is 0 Å². The molecule has 20 heavy (non-hydrogen) atoms. The van der Waals surface area contributed by atoms with Gasteiger partial charge in [0.1, 0.15) is 24.0 Å². The lowest BCUT2D eigenvalue weighted by atomic mass is 10.1. The van der Waals surface area contributed by atoms with Crippen LogP contribution in [0, 0.1) is 0 Å². The number of nitrogen functional groups attached to an aromatic ring is 1. The molecule has 0 aromatic carbocycles. The van der Waals surface area contributed by atoms with Crippen molar-refractivity contribution in [2.24, 2.45) is 0 Å². The van der Waals surface area contributed by atoms with Gasteiger partial charge in [0.05, 0.1) is 13.3 Å². The number of hydrogen-bond acceptors (Lipinski definition) is 9. The Morgan fingerprint density at radius 2 is 2.20 bits per heavy atom. The first-order valence-corrected chi connectivity index (χ1v) is 6.05. The number of aliphatic hydroxyl groups is 3. The van der Waals surface area contributed by atoms with Crippen molar-refractivity contribution in [1.29, 1.82) is 0 Å². The molecule has 0 saturated carbocycles. The molecule has 0 bridgehead atoms. The molecule has 10 heteroatoms. The van der Waals surface area contributed by atoms with E-state index in [1.54, 1.807) is 0 Å². The summed E-state index contributed by atoms with van der Waals surface area (Å²) in [7, 11) is 0. The van der Waals surface area contributed by atoms with Crippen LogP contribution in [-0.2, 0) is 4.74 Å². The monoisotopic (exact) mass is 285 g/mol. The molecular weight excluding hydrogens is 270 g/mol. The van der Waals surface area contributed by atoms with E-state index >= 15 is 0 Å². The third-order valence-electron chi connectivity index (χ3n) is 3.44. The SMILES string of the molecule is Nc1nc2c(c(=O)[nH]1)NCN2[C@@H]1O[C@H](CO)[C@@H](O)[C@@H]1O. The van der Waals surface area contributed by atoms with Gasteiger partial charge in [0, 0.05) is 0 Å². The highest BCUT2D eigenvalue weighted by molar-refractivity contribution is 5.71. The zero-order valence-corrected chi connectivity index (χ0v) is 10.4. The number of aliphatic hydroxyl groups excluding tert-OH is 3. The quantitative estimate of drug-likeness (QED) is 0.333. The van der Waals surface area contributed by atoms with Crippen molar-refractivity contribution in [3.63, 3.8) is 0 Å². The second kappa shape index (κ2) is 4.59. The molecule has 1 saturated heterocycles. The number of ether oxygens (including phenoxy) is 1. The third-order valence-corrected chi connectivity index (χ3v) is 3.44. The van der Waals surface area contributed by atoms with Crippen LogP contribution in [0.25, 0.3) is 0 Å². The Bertz CT molecular complexity index is 578. The van der Waals surface area contributed by atoms with Gasteiger partial charge in [0.15, 0.2) is 12.0 Å². The number of H-pyrrole nitrogens is 1. The Labute approximate surface area is 112 Å². The van der Waals surface area contributed by atoms with Crippen LogP contribution in [-0.4, -0.2) is 63.1 Å². The Kier molecular flexibility index (Phi) is 3.01. The van der Waals surface area contributed by atoms with Gasteiger partial charge < -0.3 is 36.0 Å². The number of nitrogens with two attached hydrogens (primary N) is 1. The van der Waals surface area contributed by atoms with Crippen LogP contribution in [0.4, 0.5) is 17.5 Å². The zero-order chi connectivity index (χ0) is 14.4. The summed E-state index contributed by atoms with van der Waals surface area (Å²) in [6.45, 7) is -0.255. The van der Waals surface area contributed by atoms with Gasteiger partial charge in [-0.15, -0.1) is 0 Å². The highest BCUT2D eigenvalue weighted by atomic mass is 16.6. The van der Waals surface area contributed by atoms with E-state index in [4.69, 9.17) is 15.6 Å². The van der Waals surface area contributed by atoms with E-state index in [2.05, 4.69) is 15.3 Å². The standard InChI is InChI=1S/C10H15N5O5/c11-10-13-7-4(8(19)14-10)12-2-15(7)9-6(18)5(17)3(1-16)20-9/h3,5-6,9,12,16-18H,1-2H2,(H3,11,13,14,19)/t3-,5-,6+,9-/m1/s1. The van der Waals surface area contributed by atoms with Gasteiger partial charge in [-0.2, -0.15) is 4.98 Å². The van der Waals surface area contributed by atoms with E-state index in [0.29, 0.717) is 0 Å². The molecule has 1 aromatic heterocycles. The van der Waals surface area contributed by atoms with Crippen molar-refractivity contribution >= 4 is 17.5 Å². The molecule has 1 fully saturated rings. The lowest BCUT2D eigenvalue weighted by Gasteiger charge is -2.26. The lowest BCUT2D eigenvalue weighted by molar-refractivity contribution is -0.0219. The molecule has 110 valence electrons. The molecule has 3 heterocycles. The molecule has 0 spiro atoms. The first kappa shape index (κ1) is 13.1. The average Bonchev–Trinajstić information content (AvgIpc) is 2.93. The fourth-order valence-electron chi connectivity index (χ4n) is 2.43. The number of anilines is 3. The van der Waals surface area contributed by atoms with Gasteiger partial charge in [-0.3, -0.25) is 9.78 Å². The molecule has 0 radical (unpaired) electrons. The molecule has 0 amide bonds. The minimum Gasteiger partial charge on any atom is -0.394 e. The fraction of sp³-hybridized carbons (Fsp3) is 0.600. The molecule has 2 aliphatic heterocycles. The number of aromatic amines is 1. The minimum atomic E-state index is -1.23. The van der Waals surface area contributed by atoms with Gasteiger partial charge in [-0.05, 0) is 0 Å². The van der Waals surface area contributed by atoms with Crippen LogP contribution in [0.1, 0.15) is 0 Å². The maximum atomic E-state index is 11.7. The first-order valence-electron chi connectivity index (χ1n) is 6.05. The summed E-state index contributed by atoms with van der Waals surface area (Å²) in [4.78, 5) is 19.5. The summed E-state index contributed by atoms with van der Waals surface area (Å²) in [5.41, 5.74) is 5.28. The number of fused-ring (bicyclic) bond motifs is 1. The zero-order valence-electron chi connectivity index (χ0n) is 10.4. The normalized spacial score (nSPS) is 32.2. The van der Waals surface area contributed by atoms with Crippen LogP contribution >= 0.6 is 0 Å². The smallest absolute Gasteiger partial charge is 0.277 e. The van der Waals surface area contributed by atoms with Gasteiger partial charge in [0.2, 0.25) is 5.95 Å². The second-order valence-electron chi connectivity index (χ2n) is 4.68. The van der Waals surface area contributed by atoms with Crippen molar-refractivity contribution < 1.29 is 20.1 Å². The maximum Gasteiger partial charge on any atom is 0.277 e. The minimum absolute atomic E-state index is 0.0609. The molecule has 0 aliphatic carbocycles. The molecule has 0 unspecified atom stereocenters. The number of nitrogens with zero attached hydrogens (tertiary/aromatic N) is 2. The Balaban J connectivity index is 1.94. The van der Waals surface area contributed by atoms with Crippen LogP contribution in [0.2, 0.25) is 0 Å². The molecule has 2 aliphatic rings. The third kappa shape index (κ3) is 1.81. The molecule has 1 aromatic rings. The number of hydrogen-bond donors (Lipinski definition) is 6. The number of nitrogens with one attached hydrogen (secondary N) is 2. The largest absolute Gasteiger partial charge is 0.394 e. The van der Waals surface area contributed by atoms with E-state index in [0.717, 1.165) is 0 Å². The first-order chi connectivity index (χ1) is 9.52. The van der Waals surface area contributed by atoms with Crippen molar-refractivity contribution in [1.82, 2.24) is 9.97 Å². The predicted octanol–water partition coefficient (Wildman–Crippen LogP) is -3.02. The Hall–Kier alpha value is -1.88. The van der Waals surface area contributed by atoms with Crippen molar-refractivity contribution in [3.05, 3.63) is 10.4 Å². The van der Waals surface area contributed by atoms with Gasteiger partial charge >= 0.3 is 0 Å². The summed E-state index contributed by atoms with van der Waals surface area (Å²) in [5, 5.41) is 31.6. The molecule has 3 rings (SSSR count). The summed E-state index contributed by atoms with van der Waals surface area (Å²) in [5.74, 6) is 0.176. The summed E-state index contributed by atoms with van der Waals surface area (Å²) in [6.07, 6.45) is -4.27. The van der Waals surface area contributed by atoms with Crippen molar-refractivity contribution in [3.8, 4) is 0 Å². The van der Waals surface area contributed by atoms with Gasteiger partial charge in [-0.1, -0.05) is 0 Å². The summed E-state index contributed by atoms with van der Waals surface area (Å²) < 4.78 is 5.40. The van der Waals surface area contributed by atoms with Crippen LogP contribution < -0.4 is 21.5 Å². The van der Waals surface area contributed by atoms with E-state index in [9.17, 15) is 15.0 Å². The molecular formula is C10H15N5O5. The fourth-order valence-corrected chi connectivity index (χ4v) is 2.43. The van der Waals surface area contributed by atoms with E-state index in [1.807, 2.05) is 0 Å². The highest BCUT2D eigenvalue weighted by Gasteiger charge is 2.47. The van der Waals surface area contributed by atoms with Crippen LogP contribution in [0.15, 0.2) is 4.79 Å².